The number of nitrogens with two attached hydrogens (primary N) is 1. The molecule has 0 aliphatic heterocycles. The highest BCUT2D eigenvalue weighted by Crippen LogP contribution is 2.24. The molecule has 0 spiro atoms. The molecule has 2 atom stereocenters. The molecule has 0 amide bonds. The minimum atomic E-state index is -0.709. The summed E-state index contributed by atoms with van der Waals surface area (Å²) in [4.78, 5) is 24.7. The summed E-state index contributed by atoms with van der Waals surface area (Å²) in [5.74, 6) is 0.376. The van der Waals surface area contributed by atoms with E-state index in [9.17, 15) is 9.59 Å². The maximum absolute atomic E-state index is 12.6. The normalized spacial score (nSPS) is 12.7. The second-order valence-corrected chi connectivity index (χ2v) is 6.33. The first kappa shape index (κ1) is 21.5. The zero-order valence-corrected chi connectivity index (χ0v) is 16.4. The molecule has 0 fully saturated rings. The first-order valence-electron chi connectivity index (χ1n) is 8.75. The number of fused-ring (bicyclic) bond motifs is 1. The van der Waals surface area contributed by atoms with Gasteiger partial charge in [0.1, 0.15) is 29.4 Å². The number of carbonyl (C=O) groups is 1. The Morgan fingerprint density at radius 2 is 1.86 bits per heavy atom. The standard InChI is InChI=1S/C21H21NO5.ClH/c1-3-13(2)19(22)21(24)27-15-9-10-16-17(11-15)25-12-18(20(16)23)26-14-7-5-4-6-8-14;/h4-13,19H,3,22H2,1-2H3;1H. The van der Waals surface area contributed by atoms with E-state index in [2.05, 4.69) is 0 Å². The molecule has 0 radical (unpaired) electrons. The van der Waals surface area contributed by atoms with Gasteiger partial charge in [-0.25, -0.2) is 4.79 Å². The highest BCUT2D eigenvalue weighted by atomic mass is 35.5. The van der Waals surface area contributed by atoms with Crippen molar-refractivity contribution in [2.24, 2.45) is 11.7 Å². The molecule has 1 heterocycles. The molecule has 0 bridgehead atoms. The zero-order chi connectivity index (χ0) is 19.4. The number of hydrogen-bond donors (Lipinski definition) is 1. The monoisotopic (exact) mass is 403 g/mol. The molecule has 3 rings (SSSR count). The third-order valence-electron chi connectivity index (χ3n) is 4.43. The molecule has 3 aromatic rings. The second kappa shape index (κ2) is 9.39. The summed E-state index contributed by atoms with van der Waals surface area (Å²) in [5, 5.41) is 0.328. The van der Waals surface area contributed by atoms with Crippen LogP contribution in [0.15, 0.2) is 64.0 Å². The van der Waals surface area contributed by atoms with Crippen molar-refractivity contribution in [1.29, 1.82) is 0 Å². The van der Waals surface area contributed by atoms with Gasteiger partial charge in [-0.05, 0) is 30.2 Å². The van der Waals surface area contributed by atoms with E-state index in [0.717, 1.165) is 6.42 Å². The highest BCUT2D eigenvalue weighted by Gasteiger charge is 2.22. The van der Waals surface area contributed by atoms with Gasteiger partial charge in [0.25, 0.3) is 0 Å². The van der Waals surface area contributed by atoms with Crippen LogP contribution in [0.3, 0.4) is 0 Å². The van der Waals surface area contributed by atoms with Crippen LogP contribution in [0.1, 0.15) is 20.3 Å². The maximum atomic E-state index is 12.6. The molecule has 2 N–H and O–H groups in total. The Labute approximate surface area is 168 Å². The van der Waals surface area contributed by atoms with Gasteiger partial charge in [0.2, 0.25) is 11.2 Å². The lowest BCUT2D eigenvalue weighted by Gasteiger charge is -2.16. The van der Waals surface area contributed by atoms with Gasteiger partial charge in [-0.15, -0.1) is 12.4 Å². The van der Waals surface area contributed by atoms with E-state index in [1.165, 1.54) is 24.5 Å². The number of halogens is 1. The first-order chi connectivity index (χ1) is 13.0. The van der Waals surface area contributed by atoms with E-state index in [1.807, 2.05) is 32.0 Å². The summed E-state index contributed by atoms with van der Waals surface area (Å²) in [6, 6.07) is 12.8. The van der Waals surface area contributed by atoms with Crippen LogP contribution in [0.5, 0.6) is 17.2 Å². The molecule has 6 nitrogen and oxygen atoms in total. The van der Waals surface area contributed by atoms with Crippen LogP contribution < -0.4 is 20.6 Å². The van der Waals surface area contributed by atoms with Crippen LogP contribution in [-0.4, -0.2) is 12.0 Å². The van der Waals surface area contributed by atoms with E-state index in [-0.39, 0.29) is 35.3 Å². The first-order valence-corrected chi connectivity index (χ1v) is 8.75. The van der Waals surface area contributed by atoms with E-state index >= 15 is 0 Å². The van der Waals surface area contributed by atoms with Gasteiger partial charge in [-0.3, -0.25) is 4.79 Å². The van der Waals surface area contributed by atoms with Gasteiger partial charge < -0.3 is 19.6 Å². The fourth-order valence-electron chi connectivity index (χ4n) is 2.51. The highest BCUT2D eigenvalue weighted by molar-refractivity contribution is 5.85. The minimum absolute atomic E-state index is 0. The number of para-hydroxylation sites is 1. The number of hydrogen-bond acceptors (Lipinski definition) is 6. The molecule has 28 heavy (non-hydrogen) atoms. The van der Waals surface area contributed by atoms with Crippen molar-refractivity contribution in [2.45, 2.75) is 26.3 Å². The van der Waals surface area contributed by atoms with Crippen LogP contribution in [0, 0.1) is 5.92 Å². The Morgan fingerprint density at radius 3 is 2.54 bits per heavy atom. The minimum Gasteiger partial charge on any atom is -0.460 e. The Hall–Kier alpha value is -2.83. The molecule has 0 saturated carbocycles. The van der Waals surface area contributed by atoms with Gasteiger partial charge in [-0.1, -0.05) is 38.5 Å². The summed E-state index contributed by atoms with van der Waals surface area (Å²) in [6.07, 6.45) is 2.02. The average Bonchev–Trinajstić information content (AvgIpc) is 2.69. The van der Waals surface area contributed by atoms with E-state index in [1.54, 1.807) is 12.1 Å². The van der Waals surface area contributed by atoms with Crippen molar-refractivity contribution in [3.8, 4) is 17.2 Å². The topological polar surface area (TPSA) is 91.8 Å². The summed E-state index contributed by atoms with van der Waals surface area (Å²) in [5.41, 5.74) is 5.87. The van der Waals surface area contributed by atoms with E-state index < -0.39 is 12.0 Å². The average molecular weight is 404 g/mol. The Kier molecular flexibility index (Phi) is 7.20. The fourth-order valence-corrected chi connectivity index (χ4v) is 2.51. The smallest absolute Gasteiger partial charge is 0.328 e. The van der Waals surface area contributed by atoms with E-state index in [0.29, 0.717) is 16.7 Å². The predicted octanol–water partition coefficient (Wildman–Crippen LogP) is 4.29. The SMILES string of the molecule is CCC(C)C(N)C(=O)Oc1ccc2c(=O)c(Oc3ccccc3)coc2c1.Cl. The molecule has 7 heteroatoms. The number of ether oxygens (including phenoxy) is 2. The van der Waals surface area contributed by atoms with Crippen LogP contribution in [0.25, 0.3) is 11.0 Å². The van der Waals surface area contributed by atoms with Gasteiger partial charge in [0.05, 0.1) is 5.39 Å². The third-order valence-corrected chi connectivity index (χ3v) is 4.43. The quantitative estimate of drug-likeness (QED) is 0.487. The predicted molar refractivity (Wildman–Crippen MR) is 109 cm³/mol. The Morgan fingerprint density at radius 1 is 1.14 bits per heavy atom. The van der Waals surface area contributed by atoms with Gasteiger partial charge in [0, 0.05) is 6.07 Å². The molecule has 2 unspecified atom stereocenters. The summed E-state index contributed by atoms with van der Waals surface area (Å²) >= 11 is 0. The van der Waals surface area contributed by atoms with Crippen molar-refractivity contribution < 1.29 is 18.7 Å². The van der Waals surface area contributed by atoms with E-state index in [4.69, 9.17) is 19.6 Å². The molecule has 2 aromatic carbocycles. The maximum Gasteiger partial charge on any atom is 0.328 e. The number of carbonyl (C=O) groups excluding carboxylic acids is 1. The Balaban J connectivity index is 0.00000280. The zero-order valence-electron chi connectivity index (χ0n) is 15.6. The summed E-state index contributed by atoms with van der Waals surface area (Å²) < 4.78 is 16.4. The van der Waals surface area contributed by atoms with Crippen molar-refractivity contribution in [3.63, 3.8) is 0 Å². The molecular formula is C21H22ClNO5. The number of esters is 1. The van der Waals surface area contributed by atoms with Gasteiger partial charge in [0.15, 0.2) is 0 Å². The van der Waals surface area contributed by atoms with Crippen LogP contribution in [-0.2, 0) is 4.79 Å². The third kappa shape index (κ3) is 4.71. The van der Waals surface area contributed by atoms with Crippen molar-refractivity contribution >= 4 is 29.3 Å². The van der Waals surface area contributed by atoms with Gasteiger partial charge in [-0.2, -0.15) is 0 Å². The lowest BCUT2D eigenvalue weighted by molar-refractivity contribution is -0.137. The Bertz CT molecular complexity index is 1000. The molecule has 0 aliphatic rings. The van der Waals surface area contributed by atoms with Gasteiger partial charge >= 0.3 is 5.97 Å². The van der Waals surface area contributed by atoms with Crippen LogP contribution >= 0.6 is 12.4 Å². The lowest BCUT2D eigenvalue weighted by atomic mass is 10.0. The number of rotatable bonds is 6. The van der Waals surface area contributed by atoms with Crippen LogP contribution in [0.4, 0.5) is 0 Å². The lowest BCUT2D eigenvalue weighted by Crippen LogP contribution is -2.39. The number of benzene rings is 2. The molecular weight excluding hydrogens is 382 g/mol. The summed E-state index contributed by atoms with van der Waals surface area (Å²) in [6.45, 7) is 3.84. The van der Waals surface area contributed by atoms with Crippen molar-refractivity contribution in [3.05, 3.63) is 65.0 Å². The molecule has 148 valence electrons. The molecule has 1 aromatic heterocycles. The van der Waals surface area contributed by atoms with Crippen molar-refractivity contribution in [2.75, 3.05) is 0 Å². The summed E-state index contributed by atoms with van der Waals surface area (Å²) in [7, 11) is 0. The van der Waals surface area contributed by atoms with Crippen molar-refractivity contribution in [1.82, 2.24) is 0 Å². The largest absolute Gasteiger partial charge is 0.460 e. The fraction of sp³-hybridized carbons (Fsp3) is 0.238. The van der Waals surface area contributed by atoms with Crippen LogP contribution in [0.2, 0.25) is 0 Å². The molecule has 0 saturated heterocycles. The molecule has 0 aliphatic carbocycles. The second-order valence-electron chi connectivity index (χ2n) is 6.33.